The number of carbonyl (C=O) groups excluding carboxylic acids is 1. The summed E-state index contributed by atoms with van der Waals surface area (Å²) in [5, 5.41) is 0. The number of alkyl halides is 2. The highest BCUT2D eigenvalue weighted by atomic mass is 19.3. The number of carbonyl (C=O) groups is 1. The van der Waals surface area contributed by atoms with Gasteiger partial charge in [-0.05, 0) is 56.0 Å². The highest BCUT2D eigenvalue weighted by Gasteiger charge is 2.23. The average Bonchev–Trinajstić information content (AvgIpc) is 3.53. The highest BCUT2D eigenvalue weighted by molar-refractivity contribution is 5.93. The largest absolute Gasteiger partial charge is 0.489 e. The van der Waals surface area contributed by atoms with Crippen LogP contribution in [0.15, 0.2) is 59.2 Å². The molecular weight excluding hydrogens is 434 g/mol. The van der Waals surface area contributed by atoms with Crippen molar-refractivity contribution in [2.45, 2.75) is 38.9 Å². The van der Waals surface area contributed by atoms with Crippen LogP contribution < -0.4 is 15.0 Å². The van der Waals surface area contributed by atoms with Gasteiger partial charge in [-0.2, -0.15) is 8.78 Å². The minimum atomic E-state index is -2.95. The number of ether oxygens (including phenoxy) is 2. The molecular formula is C24H24F2N2O5. The van der Waals surface area contributed by atoms with E-state index in [1.807, 2.05) is 6.07 Å². The molecule has 1 aromatic heterocycles. The standard InChI is InChI=1S/C24H24F2N2O5/c1-15(33-28-22(29)17-5-3-2-4-6-17)11-19-14-31-23(27-19)18-9-10-20(32-24(25)26)21(12-18)30-13-16-7-8-16/h2-6,9-10,12,14-16,24H,7-8,11,13H2,1H3,(H,28,29). The van der Waals surface area contributed by atoms with E-state index in [2.05, 4.69) is 15.2 Å². The first kappa shape index (κ1) is 22.7. The van der Waals surface area contributed by atoms with Crippen LogP contribution >= 0.6 is 0 Å². The van der Waals surface area contributed by atoms with Gasteiger partial charge in [0, 0.05) is 17.5 Å². The van der Waals surface area contributed by atoms with E-state index in [4.69, 9.17) is 14.0 Å². The zero-order chi connectivity index (χ0) is 23.2. The molecule has 1 atom stereocenters. The molecule has 33 heavy (non-hydrogen) atoms. The maximum Gasteiger partial charge on any atom is 0.387 e. The molecule has 1 unspecified atom stereocenters. The lowest BCUT2D eigenvalue weighted by Crippen LogP contribution is -2.29. The summed E-state index contributed by atoms with van der Waals surface area (Å²) in [6, 6.07) is 13.3. The summed E-state index contributed by atoms with van der Waals surface area (Å²) in [5.74, 6) is 0.612. The molecule has 0 spiro atoms. The number of amides is 1. The third kappa shape index (κ3) is 6.52. The number of benzene rings is 2. The topological polar surface area (TPSA) is 82.8 Å². The summed E-state index contributed by atoms with van der Waals surface area (Å²) in [6.07, 6.45) is 3.65. The van der Waals surface area contributed by atoms with Gasteiger partial charge in [0.2, 0.25) is 5.89 Å². The normalized spacial score (nSPS) is 14.2. The van der Waals surface area contributed by atoms with Gasteiger partial charge in [-0.3, -0.25) is 9.63 Å². The highest BCUT2D eigenvalue weighted by Crippen LogP contribution is 2.36. The molecule has 1 N–H and O–H groups in total. The number of hydroxylamine groups is 1. The maximum absolute atomic E-state index is 12.7. The molecule has 0 bridgehead atoms. The first-order chi connectivity index (χ1) is 16.0. The first-order valence-corrected chi connectivity index (χ1v) is 10.7. The molecule has 1 aliphatic rings. The maximum atomic E-state index is 12.7. The van der Waals surface area contributed by atoms with E-state index >= 15 is 0 Å². The van der Waals surface area contributed by atoms with Gasteiger partial charge in [0.15, 0.2) is 11.5 Å². The molecule has 1 aliphatic carbocycles. The zero-order valence-corrected chi connectivity index (χ0v) is 18.0. The lowest BCUT2D eigenvalue weighted by atomic mass is 10.2. The quantitative estimate of drug-likeness (QED) is 0.406. The third-order valence-corrected chi connectivity index (χ3v) is 5.02. The van der Waals surface area contributed by atoms with Crippen molar-refractivity contribution < 1.29 is 32.3 Å². The Morgan fingerprint density at radius 3 is 2.70 bits per heavy atom. The van der Waals surface area contributed by atoms with E-state index in [0.717, 1.165) is 12.8 Å². The van der Waals surface area contributed by atoms with Crippen molar-refractivity contribution in [2.24, 2.45) is 5.92 Å². The van der Waals surface area contributed by atoms with Gasteiger partial charge in [-0.1, -0.05) is 18.2 Å². The van der Waals surface area contributed by atoms with Gasteiger partial charge in [0.25, 0.3) is 5.91 Å². The van der Waals surface area contributed by atoms with Crippen LogP contribution in [-0.2, 0) is 11.3 Å². The van der Waals surface area contributed by atoms with Crippen molar-refractivity contribution in [1.82, 2.24) is 10.5 Å². The molecule has 9 heteroatoms. The Morgan fingerprint density at radius 2 is 1.97 bits per heavy atom. The summed E-state index contributed by atoms with van der Waals surface area (Å²) in [7, 11) is 0. The Labute approximate surface area is 189 Å². The van der Waals surface area contributed by atoms with Gasteiger partial charge >= 0.3 is 6.61 Å². The zero-order valence-electron chi connectivity index (χ0n) is 18.0. The Balaban J connectivity index is 1.37. The van der Waals surface area contributed by atoms with E-state index in [-0.39, 0.29) is 23.5 Å². The predicted octanol–water partition coefficient (Wildman–Crippen LogP) is 5.02. The second kappa shape index (κ2) is 10.4. The predicted molar refractivity (Wildman–Crippen MR) is 115 cm³/mol. The van der Waals surface area contributed by atoms with Crippen LogP contribution in [-0.4, -0.2) is 30.2 Å². The number of rotatable bonds is 11. The molecule has 0 aliphatic heterocycles. The number of aromatic nitrogens is 1. The molecule has 1 saturated carbocycles. The van der Waals surface area contributed by atoms with E-state index in [0.29, 0.717) is 41.7 Å². The van der Waals surface area contributed by atoms with Crippen LogP contribution in [0, 0.1) is 5.92 Å². The second-order valence-electron chi connectivity index (χ2n) is 7.87. The van der Waals surface area contributed by atoms with Crippen molar-refractivity contribution in [3.8, 4) is 23.0 Å². The van der Waals surface area contributed by atoms with Crippen LogP contribution in [0.2, 0.25) is 0 Å². The average molecular weight is 458 g/mol. The molecule has 2 aromatic carbocycles. The van der Waals surface area contributed by atoms with E-state index in [9.17, 15) is 13.6 Å². The molecule has 0 radical (unpaired) electrons. The smallest absolute Gasteiger partial charge is 0.387 e. The molecule has 174 valence electrons. The van der Waals surface area contributed by atoms with Crippen molar-refractivity contribution in [3.05, 3.63) is 66.1 Å². The van der Waals surface area contributed by atoms with Crippen LogP contribution in [0.25, 0.3) is 11.5 Å². The number of nitrogens with one attached hydrogen (secondary N) is 1. The van der Waals surface area contributed by atoms with Gasteiger partial charge in [0.05, 0.1) is 18.4 Å². The Morgan fingerprint density at radius 1 is 1.18 bits per heavy atom. The molecule has 4 rings (SSSR count). The summed E-state index contributed by atoms with van der Waals surface area (Å²) in [4.78, 5) is 21.9. The van der Waals surface area contributed by atoms with Crippen LogP contribution in [0.1, 0.15) is 35.8 Å². The van der Waals surface area contributed by atoms with Crippen LogP contribution in [0.5, 0.6) is 11.5 Å². The Kier molecular flexibility index (Phi) is 7.19. The minimum absolute atomic E-state index is 0.0302. The number of oxazole rings is 1. The van der Waals surface area contributed by atoms with E-state index < -0.39 is 6.61 Å². The molecule has 7 nitrogen and oxygen atoms in total. The van der Waals surface area contributed by atoms with Crippen LogP contribution in [0.3, 0.4) is 0 Å². The van der Waals surface area contributed by atoms with Gasteiger partial charge < -0.3 is 13.9 Å². The SMILES string of the molecule is CC(Cc1coc(-c2ccc(OC(F)F)c(OCC3CC3)c2)n1)ONC(=O)c1ccccc1. The van der Waals surface area contributed by atoms with Gasteiger partial charge in [-0.25, -0.2) is 10.5 Å². The summed E-state index contributed by atoms with van der Waals surface area (Å²) in [5.41, 5.74) is 4.10. The lowest BCUT2D eigenvalue weighted by Gasteiger charge is -2.13. The summed E-state index contributed by atoms with van der Waals surface area (Å²) < 4.78 is 41.3. The monoisotopic (exact) mass is 458 g/mol. The Hall–Kier alpha value is -3.46. The number of nitrogens with zero attached hydrogens (tertiary/aromatic N) is 1. The molecule has 1 heterocycles. The fourth-order valence-corrected chi connectivity index (χ4v) is 3.11. The molecule has 3 aromatic rings. The van der Waals surface area contributed by atoms with Gasteiger partial charge in [0.1, 0.15) is 6.26 Å². The second-order valence-corrected chi connectivity index (χ2v) is 7.87. The van der Waals surface area contributed by atoms with Crippen molar-refractivity contribution >= 4 is 5.91 Å². The number of hydrogen-bond acceptors (Lipinski definition) is 6. The number of hydrogen-bond donors (Lipinski definition) is 1. The molecule has 1 fully saturated rings. The summed E-state index contributed by atoms with van der Waals surface area (Å²) in [6.45, 7) is -0.708. The number of halogens is 2. The van der Waals surface area contributed by atoms with Gasteiger partial charge in [-0.15, -0.1) is 0 Å². The fourth-order valence-electron chi connectivity index (χ4n) is 3.11. The van der Waals surface area contributed by atoms with Crippen LogP contribution in [0.4, 0.5) is 8.78 Å². The molecule has 1 amide bonds. The first-order valence-electron chi connectivity index (χ1n) is 10.7. The fraction of sp³-hybridized carbons (Fsp3) is 0.333. The van der Waals surface area contributed by atoms with E-state index in [1.54, 1.807) is 43.3 Å². The molecule has 0 saturated heterocycles. The summed E-state index contributed by atoms with van der Waals surface area (Å²) >= 11 is 0. The van der Waals surface area contributed by atoms with Crippen molar-refractivity contribution in [1.29, 1.82) is 0 Å². The van der Waals surface area contributed by atoms with E-state index in [1.165, 1.54) is 12.3 Å². The van der Waals surface area contributed by atoms with Crippen molar-refractivity contribution in [3.63, 3.8) is 0 Å². The Bertz CT molecular complexity index is 1070. The van der Waals surface area contributed by atoms with Crippen molar-refractivity contribution in [2.75, 3.05) is 6.61 Å². The minimum Gasteiger partial charge on any atom is -0.489 e. The third-order valence-electron chi connectivity index (χ3n) is 5.02. The lowest BCUT2D eigenvalue weighted by molar-refractivity contribution is -0.0515.